The average Bonchev–Trinajstić information content (AvgIpc) is 3.09. The Morgan fingerprint density at radius 3 is 2.89 bits per heavy atom. The molecule has 0 amide bonds. The second kappa shape index (κ2) is 6.15. The van der Waals surface area contributed by atoms with Gasteiger partial charge in [0.05, 0.1) is 12.6 Å². The third kappa shape index (κ3) is 3.20. The molecule has 1 saturated carbocycles. The molecule has 1 aromatic rings. The SMILES string of the molecule is CCCNC(C)c1nnc(N(CCO)C2CC2)o1. The van der Waals surface area contributed by atoms with Gasteiger partial charge in [0.2, 0.25) is 5.89 Å². The quantitative estimate of drug-likeness (QED) is 0.723. The average molecular weight is 254 g/mol. The fraction of sp³-hybridized carbons (Fsp3) is 0.833. The molecule has 0 radical (unpaired) electrons. The summed E-state index contributed by atoms with van der Waals surface area (Å²) >= 11 is 0. The first-order chi connectivity index (χ1) is 8.76. The van der Waals surface area contributed by atoms with Gasteiger partial charge in [-0.3, -0.25) is 0 Å². The number of anilines is 1. The van der Waals surface area contributed by atoms with Gasteiger partial charge >= 0.3 is 6.01 Å². The highest BCUT2D eigenvalue weighted by molar-refractivity contribution is 5.29. The van der Waals surface area contributed by atoms with Gasteiger partial charge in [0.1, 0.15) is 0 Å². The van der Waals surface area contributed by atoms with E-state index in [0.717, 1.165) is 25.8 Å². The largest absolute Gasteiger partial charge is 0.406 e. The summed E-state index contributed by atoms with van der Waals surface area (Å²) in [6, 6.07) is 1.07. The van der Waals surface area contributed by atoms with Crippen LogP contribution in [0.25, 0.3) is 0 Å². The number of nitrogens with one attached hydrogen (secondary N) is 1. The van der Waals surface area contributed by atoms with Crippen molar-refractivity contribution < 1.29 is 9.52 Å². The van der Waals surface area contributed by atoms with Crippen LogP contribution in [0, 0.1) is 0 Å². The van der Waals surface area contributed by atoms with Gasteiger partial charge in [-0.15, -0.1) is 5.10 Å². The molecule has 0 saturated heterocycles. The van der Waals surface area contributed by atoms with E-state index in [-0.39, 0.29) is 12.6 Å². The molecule has 1 atom stereocenters. The lowest BCUT2D eigenvalue weighted by atomic mass is 10.3. The van der Waals surface area contributed by atoms with Crippen LogP contribution in [0.4, 0.5) is 6.01 Å². The number of rotatable bonds is 8. The molecular weight excluding hydrogens is 232 g/mol. The van der Waals surface area contributed by atoms with Crippen LogP contribution >= 0.6 is 0 Å². The minimum absolute atomic E-state index is 0.0707. The van der Waals surface area contributed by atoms with Crippen molar-refractivity contribution in [2.45, 2.75) is 45.2 Å². The predicted octanol–water partition coefficient (Wildman–Crippen LogP) is 1.09. The Labute approximate surface area is 107 Å². The van der Waals surface area contributed by atoms with E-state index < -0.39 is 0 Å². The molecule has 1 aliphatic carbocycles. The molecule has 0 bridgehead atoms. The Morgan fingerprint density at radius 1 is 1.50 bits per heavy atom. The molecule has 1 unspecified atom stereocenters. The monoisotopic (exact) mass is 254 g/mol. The summed E-state index contributed by atoms with van der Waals surface area (Å²) in [4.78, 5) is 2.00. The maximum absolute atomic E-state index is 9.06. The number of nitrogens with zero attached hydrogens (tertiary/aromatic N) is 3. The summed E-state index contributed by atoms with van der Waals surface area (Å²) in [5.74, 6) is 0.613. The molecule has 18 heavy (non-hydrogen) atoms. The van der Waals surface area contributed by atoms with Crippen molar-refractivity contribution in [2.24, 2.45) is 0 Å². The minimum Gasteiger partial charge on any atom is -0.406 e. The molecule has 1 fully saturated rings. The molecule has 0 aromatic carbocycles. The van der Waals surface area contributed by atoms with E-state index in [1.165, 1.54) is 0 Å². The molecule has 6 nitrogen and oxygen atoms in total. The third-order valence-corrected chi connectivity index (χ3v) is 3.08. The summed E-state index contributed by atoms with van der Waals surface area (Å²) in [5.41, 5.74) is 0. The van der Waals surface area contributed by atoms with Crippen LogP contribution < -0.4 is 10.2 Å². The van der Waals surface area contributed by atoms with Crippen molar-refractivity contribution in [1.82, 2.24) is 15.5 Å². The second-order valence-corrected chi connectivity index (χ2v) is 4.75. The summed E-state index contributed by atoms with van der Waals surface area (Å²) in [7, 11) is 0. The molecule has 2 N–H and O–H groups in total. The molecule has 1 aromatic heterocycles. The smallest absolute Gasteiger partial charge is 0.318 e. The molecule has 1 heterocycles. The highest BCUT2D eigenvalue weighted by Crippen LogP contribution is 2.31. The first-order valence-electron chi connectivity index (χ1n) is 6.70. The lowest BCUT2D eigenvalue weighted by Crippen LogP contribution is -2.29. The highest BCUT2D eigenvalue weighted by Gasteiger charge is 2.32. The van der Waals surface area contributed by atoms with Gasteiger partial charge in [-0.1, -0.05) is 12.0 Å². The summed E-state index contributed by atoms with van der Waals surface area (Å²) < 4.78 is 5.69. The topological polar surface area (TPSA) is 74.4 Å². The first kappa shape index (κ1) is 13.3. The van der Waals surface area contributed by atoms with Crippen LogP contribution in [0.1, 0.15) is 45.0 Å². The predicted molar refractivity (Wildman–Crippen MR) is 68.5 cm³/mol. The molecule has 0 aliphatic heterocycles. The van der Waals surface area contributed by atoms with Gasteiger partial charge in [-0.2, -0.15) is 0 Å². The number of aliphatic hydroxyl groups is 1. The molecule has 2 rings (SSSR count). The number of hydrogen-bond acceptors (Lipinski definition) is 6. The van der Waals surface area contributed by atoms with Crippen LogP contribution in [0.3, 0.4) is 0 Å². The summed E-state index contributed by atoms with van der Waals surface area (Å²) in [6.45, 7) is 5.73. The summed E-state index contributed by atoms with van der Waals surface area (Å²) in [6.07, 6.45) is 3.35. The van der Waals surface area contributed by atoms with E-state index >= 15 is 0 Å². The van der Waals surface area contributed by atoms with Crippen LogP contribution in [-0.4, -0.2) is 41.0 Å². The third-order valence-electron chi connectivity index (χ3n) is 3.08. The highest BCUT2D eigenvalue weighted by atomic mass is 16.4. The maximum Gasteiger partial charge on any atom is 0.318 e. The lowest BCUT2D eigenvalue weighted by Gasteiger charge is -2.17. The van der Waals surface area contributed by atoms with Gasteiger partial charge in [0, 0.05) is 12.6 Å². The minimum atomic E-state index is 0.0707. The fourth-order valence-electron chi connectivity index (χ4n) is 1.89. The first-order valence-corrected chi connectivity index (χ1v) is 6.70. The van der Waals surface area contributed by atoms with Crippen LogP contribution in [0.15, 0.2) is 4.42 Å². The normalized spacial score (nSPS) is 16.8. The van der Waals surface area contributed by atoms with Gasteiger partial charge in [-0.05, 0) is 32.7 Å². The van der Waals surface area contributed by atoms with Gasteiger partial charge in [0.15, 0.2) is 0 Å². The van der Waals surface area contributed by atoms with E-state index in [4.69, 9.17) is 9.52 Å². The standard InChI is InChI=1S/C12H22N4O2/c1-3-6-13-9(2)11-14-15-12(18-11)16(7-8-17)10-4-5-10/h9-10,13,17H,3-8H2,1-2H3. The Hall–Kier alpha value is -1.14. The lowest BCUT2D eigenvalue weighted by molar-refractivity contribution is 0.297. The van der Waals surface area contributed by atoms with Crippen molar-refractivity contribution in [1.29, 1.82) is 0 Å². The van der Waals surface area contributed by atoms with Gasteiger partial charge < -0.3 is 19.7 Å². The van der Waals surface area contributed by atoms with E-state index in [9.17, 15) is 0 Å². The zero-order chi connectivity index (χ0) is 13.0. The molecule has 102 valence electrons. The van der Waals surface area contributed by atoms with Crippen molar-refractivity contribution in [3.8, 4) is 0 Å². The Bertz CT molecular complexity index is 365. The van der Waals surface area contributed by atoms with Crippen LogP contribution in [0.5, 0.6) is 0 Å². The zero-order valence-electron chi connectivity index (χ0n) is 11.1. The second-order valence-electron chi connectivity index (χ2n) is 4.75. The van der Waals surface area contributed by atoms with E-state index in [1.54, 1.807) is 0 Å². The number of hydrogen-bond donors (Lipinski definition) is 2. The molecule has 0 spiro atoms. The van der Waals surface area contributed by atoms with Crippen molar-refractivity contribution in [3.63, 3.8) is 0 Å². The zero-order valence-corrected chi connectivity index (χ0v) is 11.1. The number of aromatic nitrogens is 2. The van der Waals surface area contributed by atoms with E-state index in [0.29, 0.717) is 24.5 Å². The van der Waals surface area contributed by atoms with Crippen LogP contribution in [0.2, 0.25) is 0 Å². The van der Waals surface area contributed by atoms with E-state index in [2.05, 4.69) is 22.4 Å². The Morgan fingerprint density at radius 2 is 2.28 bits per heavy atom. The van der Waals surface area contributed by atoms with E-state index in [1.807, 2.05) is 11.8 Å². The molecule has 6 heteroatoms. The van der Waals surface area contributed by atoms with Gasteiger partial charge in [0.25, 0.3) is 0 Å². The summed E-state index contributed by atoms with van der Waals surface area (Å²) in [5, 5.41) is 20.5. The van der Waals surface area contributed by atoms with Crippen molar-refractivity contribution in [3.05, 3.63) is 5.89 Å². The van der Waals surface area contributed by atoms with Crippen LogP contribution in [-0.2, 0) is 0 Å². The van der Waals surface area contributed by atoms with Gasteiger partial charge in [-0.25, -0.2) is 0 Å². The molecular formula is C12H22N4O2. The van der Waals surface area contributed by atoms with Crippen molar-refractivity contribution >= 4 is 6.01 Å². The number of aliphatic hydroxyl groups excluding tert-OH is 1. The fourth-order valence-corrected chi connectivity index (χ4v) is 1.89. The Kier molecular flexibility index (Phi) is 4.54. The maximum atomic E-state index is 9.06. The Balaban J connectivity index is 1.99. The van der Waals surface area contributed by atoms with Crippen molar-refractivity contribution in [2.75, 3.05) is 24.6 Å². The molecule has 1 aliphatic rings.